The van der Waals surface area contributed by atoms with Crippen molar-refractivity contribution in [3.05, 3.63) is 35.9 Å². The van der Waals surface area contributed by atoms with Crippen LogP contribution in [-0.2, 0) is 0 Å². The molecule has 1 aromatic rings. The van der Waals surface area contributed by atoms with Crippen LogP contribution in [0.1, 0.15) is 57.6 Å². The second-order valence-corrected chi connectivity index (χ2v) is 7.29. The molecular formula is C20H34N2O. The largest absolute Gasteiger partial charge is 0.387 e. The summed E-state index contributed by atoms with van der Waals surface area (Å²) in [6, 6.07) is 10.2. The molecule has 0 bridgehead atoms. The highest BCUT2D eigenvalue weighted by atomic mass is 16.3. The molecule has 1 aromatic carbocycles. The van der Waals surface area contributed by atoms with Gasteiger partial charge in [0.05, 0.1) is 6.10 Å². The van der Waals surface area contributed by atoms with Crippen molar-refractivity contribution in [3.63, 3.8) is 0 Å². The minimum atomic E-state index is -0.415. The van der Waals surface area contributed by atoms with E-state index >= 15 is 0 Å². The SMILES string of the molecule is CC(C)CCC(NCCCN1CCCC1)C(O)c1ccccc1. The Labute approximate surface area is 142 Å². The number of hydrogen-bond acceptors (Lipinski definition) is 3. The Morgan fingerprint density at radius 1 is 1.09 bits per heavy atom. The van der Waals surface area contributed by atoms with Crippen LogP contribution in [0.3, 0.4) is 0 Å². The molecule has 130 valence electrons. The first-order chi connectivity index (χ1) is 11.2. The number of hydrogen-bond donors (Lipinski definition) is 2. The summed E-state index contributed by atoms with van der Waals surface area (Å²) in [4.78, 5) is 2.55. The minimum Gasteiger partial charge on any atom is -0.387 e. The molecule has 2 rings (SSSR count). The van der Waals surface area contributed by atoms with Gasteiger partial charge in [0.2, 0.25) is 0 Å². The number of likely N-dealkylation sites (tertiary alicyclic amines) is 1. The number of nitrogens with one attached hydrogen (secondary N) is 1. The molecule has 0 radical (unpaired) electrons. The maximum Gasteiger partial charge on any atom is 0.0942 e. The molecule has 2 unspecified atom stereocenters. The topological polar surface area (TPSA) is 35.5 Å². The third kappa shape index (κ3) is 6.62. The Morgan fingerprint density at radius 2 is 1.78 bits per heavy atom. The second kappa shape index (κ2) is 10.1. The number of benzene rings is 1. The van der Waals surface area contributed by atoms with Crippen molar-refractivity contribution < 1.29 is 5.11 Å². The maximum absolute atomic E-state index is 10.7. The standard InChI is InChI=1S/C20H34N2O/c1-17(2)11-12-19(20(23)18-9-4-3-5-10-18)21-13-8-16-22-14-6-7-15-22/h3-5,9-10,17,19-21,23H,6-8,11-16H2,1-2H3. The lowest BCUT2D eigenvalue weighted by Crippen LogP contribution is -2.37. The van der Waals surface area contributed by atoms with Gasteiger partial charge in [0.15, 0.2) is 0 Å². The third-order valence-electron chi connectivity index (χ3n) is 4.83. The fourth-order valence-corrected chi connectivity index (χ4v) is 3.36. The van der Waals surface area contributed by atoms with E-state index in [9.17, 15) is 5.11 Å². The summed E-state index contributed by atoms with van der Waals surface area (Å²) in [5.74, 6) is 0.673. The van der Waals surface area contributed by atoms with Gasteiger partial charge in [-0.15, -0.1) is 0 Å². The molecule has 0 amide bonds. The van der Waals surface area contributed by atoms with E-state index in [0.29, 0.717) is 5.92 Å². The number of rotatable bonds is 10. The van der Waals surface area contributed by atoms with Gasteiger partial charge >= 0.3 is 0 Å². The molecule has 1 fully saturated rings. The molecule has 3 nitrogen and oxygen atoms in total. The Morgan fingerprint density at radius 3 is 2.43 bits per heavy atom. The van der Waals surface area contributed by atoms with E-state index in [2.05, 4.69) is 24.1 Å². The third-order valence-corrected chi connectivity index (χ3v) is 4.83. The quantitative estimate of drug-likeness (QED) is 0.647. The van der Waals surface area contributed by atoms with Crippen LogP contribution in [0.5, 0.6) is 0 Å². The normalized spacial score (nSPS) is 18.4. The van der Waals surface area contributed by atoms with Gasteiger partial charge in [0.25, 0.3) is 0 Å². The Bertz CT molecular complexity index is 415. The van der Waals surface area contributed by atoms with Gasteiger partial charge in [0, 0.05) is 6.04 Å². The van der Waals surface area contributed by atoms with Gasteiger partial charge in [-0.1, -0.05) is 44.2 Å². The van der Waals surface area contributed by atoms with Crippen LogP contribution in [0.4, 0.5) is 0 Å². The van der Waals surface area contributed by atoms with E-state index in [0.717, 1.165) is 24.9 Å². The Kier molecular flexibility index (Phi) is 8.07. The number of aliphatic hydroxyl groups excluding tert-OH is 1. The Balaban J connectivity index is 1.80. The summed E-state index contributed by atoms with van der Waals surface area (Å²) < 4.78 is 0. The van der Waals surface area contributed by atoms with Gasteiger partial charge in [-0.05, 0) is 69.8 Å². The average molecular weight is 319 g/mol. The van der Waals surface area contributed by atoms with Crippen molar-refractivity contribution in [2.24, 2.45) is 5.92 Å². The van der Waals surface area contributed by atoms with Crippen LogP contribution in [0, 0.1) is 5.92 Å². The number of aliphatic hydroxyl groups is 1. The van der Waals surface area contributed by atoms with E-state index in [1.54, 1.807) is 0 Å². The molecule has 23 heavy (non-hydrogen) atoms. The molecule has 1 saturated heterocycles. The minimum absolute atomic E-state index is 0.151. The predicted molar refractivity (Wildman–Crippen MR) is 97.6 cm³/mol. The molecule has 1 aliphatic rings. The summed E-state index contributed by atoms with van der Waals surface area (Å²) in [6.07, 6.45) is 5.64. The predicted octanol–water partition coefficient (Wildman–Crippen LogP) is 3.60. The first-order valence-corrected chi connectivity index (χ1v) is 9.35. The fourth-order valence-electron chi connectivity index (χ4n) is 3.36. The fraction of sp³-hybridized carbons (Fsp3) is 0.700. The summed E-state index contributed by atoms with van der Waals surface area (Å²) in [5.41, 5.74) is 1.02. The maximum atomic E-state index is 10.7. The van der Waals surface area contributed by atoms with Gasteiger partial charge in [-0.25, -0.2) is 0 Å². The summed E-state index contributed by atoms with van der Waals surface area (Å²) in [5, 5.41) is 14.4. The second-order valence-electron chi connectivity index (χ2n) is 7.29. The summed E-state index contributed by atoms with van der Waals surface area (Å²) in [6.45, 7) is 9.21. The van der Waals surface area contributed by atoms with Crippen LogP contribution >= 0.6 is 0 Å². The summed E-state index contributed by atoms with van der Waals surface area (Å²) >= 11 is 0. The molecule has 0 aromatic heterocycles. The van der Waals surface area contributed by atoms with Gasteiger partial charge in [-0.2, -0.15) is 0 Å². The highest BCUT2D eigenvalue weighted by Crippen LogP contribution is 2.21. The zero-order chi connectivity index (χ0) is 16.5. The van der Waals surface area contributed by atoms with E-state index in [1.165, 1.54) is 38.9 Å². The van der Waals surface area contributed by atoms with E-state index in [4.69, 9.17) is 0 Å². The van der Waals surface area contributed by atoms with Crippen molar-refractivity contribution in [1.82, 2.24) is 10.2 Å². The zero-order valence-corrected chi connectivity index (χ0v) is 14.9. The van der Waals surface area contributed by atoms with E-state index in [-0.39, 0.29) is 6.04 Å². The smallest absolute Gasteiger partial charge is 0.0942 e. The monoisotopic (exact) mass is 318 g/mol. The van der Waals surface area contributed by atoms with Crippen molar-refractivity contribution in [2.75, 3.05) is 26.2 Å². The zero-order valence-electron chi connectivity index (χ0n) is 14.9. The highest BCUT2D eigenvalue weighted by Gasteiger charge is 2.20. The van der Waals surface area contributed by atoms with Crippen LogP contribution in [-0.4, -0.2) is 42.2 Å². The summed E-state index contributed by atoms with van der Waals surface area (Å²) in [7, 11) is 0. The van der Waals surface area contributed by atoms with Gasteiger partial charge in [0.1, 0.15) is 0 Å². The lowest BCUT2D eigenvalue weighted by Gasteiger charge is -2.26. The molecule has 1 heterocycles. The Hall–Kier alpha value is -0.900. The average Bonchev–Trinajstić information content (AvgIpc) is 3.07. The van der Waals surface area contributed by atoms with Crippen LogP contribution in [0.25, 0.3) is 0 Å². The van der Waals surface area contributed by atoms with Gasteiger partial charge in [-0.3, -0.25) is 0 Å². The first-order valence-electron chi connectivity index (χ1n) is 9.35. The molecular weight excluding hydrogens is 284 g/mol. The molecule has 2 atom stereocenters. The molecule has 2 N–H and O–H groups in total. The van der Waals surface area contributed by atoms with Crippen molar-refractivity contribution >= 4 is 0 Å². The van der Waals surface area contributed by atoms with Crippen molar-refractivity contribution in [3.8, 4) is 0 Å². The number of nitrogens with zero attached hydrogens (tertiary/aromatic N) is 1. The van der Waals surface area contributed by atoms with Crippen LogP contribution < -0.4 is 5.32 Å². The van der Waals surface area contributed by atoms with Crippen LogP contribution in [0.15, 0.2) is 30.3 Å². The van der Waals surface area contributed by atoms with Crippen molar-refractivity contribution in [2.45, 2.75) is 58.1 Å². The van der Waals surface area contributed by atoms with Crippen LogP contribution in [0.2, 0.25) is 0 Å². The van der Waals surface area contributed by atoms with E-state index in [1.807, 2.05) is 30.3 Å². The molecule has 1 aliphatic heterocycles. The van der Waals surface area contributed by atoms with E-state index < -0.39 is 6.10 Å². The van der Waals surface area contributed by atoms with Gasteiger partial charge < -0.3 is 15.3 Å². The molecule has 0 aliphatic carbocycles. The lowest BCUT2D eigenvalue weighted by molar-refractivity contribution is 0.120. The van der Waals surface area contributed by atoms with Crippen molar-refractivity contribution in [1.29, 1.82) is 0 Å². The molecule has 3 heteroatoms. The first kappa shape index (κ1) is 18.4. The molecule has 0 saturated carbocycles. The molecule has 0 spiro atoms. The lowest BCUT2D eigenvalue weighted by atomic mass is 9.95. The highest BCUT2D eigenvalue weighted by molar-refractivity contribution is 5.18.